The first-order valence-electron chi connectivity index (χ1n) is 5.26. The van der Waals surface area contributed by atoms with E-state index in [4.69, 9.17) is 17.0 Å². The number of rotatable bonds is 4. The number of nitrogens with zero attached hydrogens (tertiary/aromatic N) is 2. The van der Waals surface area contributed by atoms with Crippen LogP contribution in [0, 0.1) is 4.77 Å². The number of H-pyrrole nitrogens is 1. The highest BCUT2D eigenvalue weighted by Crippen LogP contribution is 2.30. The summed E-state index contributed by atoms with van der Waals surface area (Å²) in [6.45, 7) is 1.11. The lowest BCUT2D eigenvalue weighted by atomic mass is 10.2. The first-order chi connectivity index (χ1) is 8.63. The number of benzene rings is 1. The molecule has 0 amide bonds. The third-order valence-corrected chi connectivity index (χ3v) is 3.28. The summed E-state index contributed by atoms with van der Waals surface area (Å²) >= 11 is 8.45. The van der Waals surface area contributed by atoms with E-state index in [1.807, 2.05) is 6.07 Å². The summed E-state index contributed by atoms with van der Waals surface area (Å²) in [7, 11) is 1.63. The van der Waals surface area contributed by atoms with Gasteiger partial charge in [-0.25, -0.2) is 0 Å². The minimum atomic E-state index is 0.150. The Bertz CT molecular complexity index is 609. The number of ether oxygens (including phenoxy) is 1. The molecule has 7 heteroatoms. The number of halogens is 1. The van der Waals surface area contributed by atoms with E-state index in [0.717, 1.165) is 4.47 Å². The predicted molar refractivity (Wildman–Crippen MR) is 74.1 cm³/mol. The van der Waals surface area contributed by atoms with E-state index in [2.05, 4.69) is 26.1 Å². The van der Waals surface area contributed by atoms with E-state index in [-0.39, 0.29) is 5.75 Å². The van der Waals surface area contributed by atoms with Crippen molar-refractivity contribution in [1.29, 1.82) is 0 Å². The summed E-state index contributed by atoms with van der Waals surface area (Å²) in [5, 5.41) is 16.8. The molecule has 0 fully saturated rings. The van der Waals surface area contributed by atoms with Crippen molar-refractivity contribution in [1.82, 2.24) is 14.8 Å². The largest absolute Gasteiger partial charge is 0.507 e. The van der Waals surface area contributed by atoms with Crippen LogP contribution in [-0.4, -0.2) is 33.6 Å². The van der Waals surface area contributed by atoms with Gasteiger partial charge in [0.25, 0.3) is 0 Å². The summed E-state index contributed by atoms with van der Waals surface area (Å²) in [5.74, 6) is 0.749. The van der Waals surface area contributed by atoms with Crippen molar-refractivity contribution in [2.45, 2.75) is 6.54 Å². The maximum Gasteiger partial charge on any atom is 0.195 e. The minimum absolute atomic E-state index is 0.150. The van der Waals surface area contributed by atoms with Gasteiger partial charge in [-0.3, -0.25) is 9.67 Å². The molecule has 5 nitrogen and oxygen atoms in total. The van der Waals surface area contributed by atoms with Gasteiger partial charge in [0.05, 0.1) is 18.7 Å². The molecule has 0 bridgehead atoms. The van der Waals surface area contributed by atoms with E-state index in [0.29, 0.717) is 29.3 Å². The second-order valence-corrected chi connectivity index (χ2v) is 4.96. The molecule has 0 aliphatic heterocycles. The van der Waals surface area contributed by atoms with Gasteiger partial charge in [0.15, 0.2) is 10.6 Å². The molecule has 0 spiro atoms. The molecular formula is C11H12BrN3O2S. The van der Waals surface area contributed by atoms with E-state index in [1.54, 1.807) is 23.8 Å². The van der Waals surface area contributed by atoms with Gasteiger partial charge in [-0.1, -0.05) is 15.9 Å². The van der Waals surface area contributed by atoms with Crippen molar-refractivity contribution < 1.29 is 9.84 Å². The summed E-state index contributed by atoms with van der Waals surface area (Å²) in [6, 6.07) is 5.24. The molecule has 0 aliphatic rings. The van der Waals surface area contributed by atoms with Gasteiger partial charge in [0.1, 0.15) is 5.75 Å². The van der Waals surface area contributed by atoms with Crippen molar-refractivity contribution in [3.8, 4) is 17.1 Å². The smallest absolute Gasteiger partial charge is 0.195 e. The molecule has 1 heterocycles. The van der Waals surface area contributed by atoms with Crippen molar-refractivity contribution >= 4 is 28.1 Å². The topological polar surface area (TPSA) is 63.1 Å². The molecule has 0 unspecified atom stereocenters. The Kier molecular flexibility index (Phi) is 4.15. The van der Waals surface area contributed by atoms with Crippen molar-refractivity contribution in [3.05, 3.63) is 27.4 Å². The molecule has 0 radical (unpaired) electrons. The summed E-state index contributed by atoms with van der Waals surface area (Å²) < 4.78 is 8.14. The lowest BCUT2D eigenvalue weighted by molar-refractivity contribution is 0.187. The number of phenolic OH excluding ortho intramolecular Hbond substituents is 1. The Balaban J connectivity index is 2.47. The van der Waals surface area contributed by atoms with Crippen LogP contribution in [0.15, 0.2) is 22.7 Å². The van der Waals surface area contributed by atoms with Crippen LogP contribution in [-0.2, 0) is 11.3 Å². The maximum absolute atomic E-state index is 9.94. The van der Waals surface area contributed by atoms with Crippen LogP contribution >= 0.6 is 28.1 Å². The fourth-order valence-electron chi connectivity index (χ4n) is 1.61. The van der Waals surface area contributed by atoms with Crippen LogP contribution in [0.4, 0.5) is 0 Å². The van der Waals surface area contributed by atoms with Crippen LogP contribution in [0.5, 0.6) is 5.75 Å². The molecule has 0 saturated heterocycles. The molecule has 0 saturated carbocycles. The fraction of sp³-hybridized carbons (Fsp3) is 0.273. The van der Waals surface area contributed by atoms with Gasteiger partial charge < -0.3 is 9.84 Å². The zero-order valence-electron chi connectivity index (χ0n) is 9.68. The van der Waals surface area contributed by atoms with Crippen LogP contribution in [0.25, 0.3) is 11.4 Å². The quantitative estimate of drug-likeness (QED) is 0.846. The molecule has 1 aromatic heterocycles. The average molecular weight is 330 g/mol. The number of hydrogen-bond acceptors (Lipinski definition) is 4. The Morgan fingerprint density at radius 2 is 2.33 bits per heavy atom. The van der Waals surface area contributed by atoms with E-state index < -0.39 is 0 Å². The number of aromatic hydroxyl groups is 1. The Labute approximate surface area is 118 Å². The van der Waals surface area contributed by atoms with E-state index >= 15 is 0 Å². The van der Waals surface area contributed by atoms with Gasteiger partial charge >= 0.3 is 0 Å². The summed E-state index contributed by atoms with van der Waals surface area (Å²) in [6.07, 6.45) is 0. The standard InChI is InChI=1S/C11H12BrN3O2S/c1-17-5-4-15-10(13-14-11(15)18)8-3-2-7(12)6-9(8)16/h2-3,6,16H,4-5H2,1H3,(H,14,18). The molecule has 96 valence electrons. The molecule has 2 N–H and O–H groups in total. The van der Waals surface area contributed by atoms with Crippen molar-refractivity contribution in [2.24, 2.45) is 0 Å². The zero-order chi connectivity index (χ0) is 13.1. The molecule has 18 heavy (non-hydrogen) atoms. The number of phenols is 1. The molecule has 2 aromatic rings. The first kappa shape index (κ1) is 13.3. The van der Waals surface area contributed by atoms with Gasteiger partial charge in [-0.2, -0.15) is 5.10 Å². The van der Waals surface area contributed by atoms with Gasteiger partial charge in [-0.15, -0.1) is 0 Å². The number of nitrogens with one attached hydrogen (secondary N) is 1. The summed E-state index contributed by atoms with van der Waals surface area (Å²) in [4.78, 5) is 0. The van der Waals surface area contributed by atoms with Gasteiger partial charge in [0, 0.05) is 11.6 Å². The van der Waals surface area contributed by atoms with Gasteiger partial charge in [-0.05, 0) is 30.4 Å². The maximum atomic E-state index is 9.94. The SMILES string of the molecule is COCCn1c(-c2ccc(Br)cc2O)n[nH]c1=S. The second-order valence-electron chi connectivity index (χ2n) is 3.66. The van der Waals surface area contributed by atoms with E-state index in [1.165, 1.54) is 0 Å². The Morgan fingerprint density at radius 1 is 1.56 bits per heavy atom. The third kappa shape index (κ3) is 2.63. The highest BCUT2D eigenvalue weighted by atomic mass is 79.9. The summed E-state index contributed by atoms with van der Waals surface area (Å²) in [5.41, 5.74) is 0.627. The van der Waals surface area contributed by atoms with E-state index in [9.17, 15) is 5.11 Å². The van der Waals surface area contributed by atoms with Crippen molar-refractivity contribution in [3.63, 3.8) is 0 Å². The predicted octanol–water partition coefficient (Wildman–Crippen LogP) is 2.72. The lowest BCUT2D eigenvalue weighted by Gasteiger charge is -2.07. The normalized spacial score (nSPS) is 10.8. The molecule has 0 aliphatic carbocycles. The third-order valence-electron chi connectivity index (χ3n) is 2.48. The fourth-order valence-corrected chi connectivity index (χ4v) is 2.18. The monoisotopic (exact) mass is 329 g/mol. The number of aromatic nitrogens is 3. The number of aromatic amines is 1. The van der Waals surface area contributed by atoms with Crippen LogP contribution in [0.2, 0.25) is 0 Å². The minimum Gasteiger partial charge on any atom is -0.507 e. The molecule has 2 rings (SSSR count). The van der Waals surface area contributed by atoms with Crippen LogP contribution < -0.4 is 0 Å². The number of methoxy groups -OCH3 is 1. The lowest BCUT2D eigenvalue weighted by Crippen LogP contribution is -2.06. The highest BCUT2D eigenvalue weighted by molar-refractivity contribution is 9.10. The molecular weight excluding hydrogens is 318 g/mol. The van der Waals surface area contributed by atoms with Crippen molar-refractivity contribution in [2.75, 3.05) is 13.7 Å². The van der Waals surface area contributed by atoms with Crippen LogP contribution in [0.3, 0.4) is 0 Å². The number of hydrogen-bond donors (Lipinski definition) is 2. The first-order valence-corrected chi connectivity index (χ1v) is 6.46. The highest BCUT2D eigenvalue weighted by Gasteiger charge is 2.12. The Morgan fingerprint density at radius 3 is 3.00 bits per heavy atom. The average Bonchev–Trinajstić information content (AvgIpc) is 2.68. The Hall–Kier alpha value is -1.18. The van der Waals surface area contributed by atoms with Gasteiger partial charge in [0.2, 0.25) is 0 Å². The van der Waals surface area contributed by atoms with Crippen LogP contribution in [0.1, 0.15) is 0 Å². The molecule has 1 aromatic carbocycles. The molecule has 0 atom stereocenters. The second kappa shape index (κ2) is 5.64. The zero-order valence-corrected chi connectivity index (χ0v) is 12.1.